The summed E-state index contributed by atoms with van der Waals surface area (Å²) in [5.41, 5.74) is 1.89. The molecule has 0 saturated heterocycles. The monoisotopic (exact) mass is 326 g/mol. The highest BCUT2D eigenvalue weighted by Crippen LogP contribution is 2.29. The Morgan fingerprint density at radius 1 is 1.33 bits per heavy atom. The second-order valence-electron chi connectivity index (χ2n) is 5.36. The molecule has 0 bridgehead atoms. The number of hydrogen-bond donors (Lipinski definition) is 1. The fourth-order valence-corrected chi connectivity index (χ4v) is 3.39. The summed E-state index contributed by atoms with van der Waals surface area (Å²) in [6, 6.07) is 4.53. The first-order chi connectivity index (χ1) is 10.0. The molecule has 1 N–H and O–H groups in total. The Morgan fingerprint density at radius 3 is 2.67 bits per heavy atom. The number of benzene rings is 1. The normalized spacial score (nSPS) is 12.9. The van der Waals surface area contributed by atoms with Gasteiger partial charge in [-0.05, 0) is 42.6 Å². The van der Waals surface area contributed by atoms with Gasteiger partial charge < -0.3 is 5.32 Å². The minimum atomic E-state index is -0.318. The lowest BCUT2D eigenvalue weighted by molar-refractivity contribution is 0.581. The molecule has 2 aromatic rings. The topological polar surface area (TPSA) is 24.9 Å². The lowest BCUT2D eigenvalue weighted by Gasteiger charge is -2.17. The van der Waals surface area contributed by atoms with Crippen LogP contribution in [0.5, 0.6) is 0 Å². The Morgan fingerprint density at radius 2 is 2.10 bits per heavy atom. The summed E-state index contributed by atoms with van der Waals surface area (Å²) in [6.45, 7) is 7.18. The number of nitrogens with one attached hydrogen (secondary N) is 1. The molecule has 1 atom stereocenters. The smallest absolute Gasteiger partial charge is 0.125 e. The van der Waals surface area contributed by atoms with Crippen LogP contribution >= 0.6 is 22.9 Å². The van der Waals surface area contributed by atoms with E-state index in [1.54, 1.807) is 17.4 Å². The van der Waals surface area contributed by atoms with E-state index in [1.165, 1.54) is 12.1 Å². The summed E-state index contributed by atoms with van der Waals surface area (Å²) < 4.78 is 13.6. The molecule has 1 aromatic heterocycles. The van der Waals surface area contributed by atoms with Gasteiger partial charge >= 0.3 is 0 Å². The second-order valence-corrected chi connectivity index (χ2v) is 6.68. The maximum absolute atomic E-state index is 13.6. The molecule has 5 heteroatoms. The highest BCUT2D eigenvalue weighted by molar-refractivity contribution is 7.09. The zero-order chi connectivity index (χ0) is 15.4. The predicted octanol–water partition coefficient (Wildman–Crippen LogP) is 5.15. The van der Waals surface area contributed by atoms with Gasteiger partial charge in [-0.2, -0.15) is 0 Å². The summed E-state index contributed by atoms with van der Waals surface area (Å²) in [7, 11) is 0. The van der Waals surface area contributed by atoms with Gasteiger partial charge in [0.15, 0.2) is 0 Å². The minimum Gasteiger partial charge on any atom is -0.304 e. The lowest BCUT2D eigenvalue weighted by atomic mass is 10.1. The van der Waals surface area contributed by atoms with E-state index >= 15 is 0 Å². The molecule has 0 aliphatic rings. The molecule has 1 aromatic carbocycles. The fraction of sp³-hybridized carbons (Fsp3) is 0.438. The Balaban J connectivity index is 2.36. The van der Waals surface area contributed by atoms with Crippen molar-refractivity contribution >= 4 is 22.9 Å². The molecular weight excluding hydrogens is 307 g/mol. The molecule has 114 valence electrons. The number of nitrogens with zero attached hydrogens (tertiary/aromatic N) is 1. The number of rotatable bonds is 6. The van der Waals surface area contributed by atoms with Crippen LogP contribution in [0.1, 0.15) is 55.4 Å². The third-order valence-corrected chi connectivity index (χ3v) is 4.34. The van der Waals surface area contributed by atoms with E-state index in [4.69, 9.17) is 11.6 Å². The van der Waals surface area contributed by atoms with Gasteiger partial charge in [0.25, 0.3) is 0 Å². The van der Waals surface area contributed by atoms with Crippen LogP contribution in [0.2, 0.25) is 5.02 Å². The van der Waals surface area contributed by atoms with E-state index in [9.17, 15) is 4.39 Å². The molecule has 0 aliphatic carbocycles. The third kappa shape index (κ3) is 4.25. The van der Waals surface area contributed by atoms with Crippen molar-refractivity contribution in [2.45, 2.75) is 39.2 Å². The Kier molecular flexibility index (Phi) is 5.73. The van der Waals surface area contributed by atoms with Gasteiger partial charge in [0.1, 0.15) is 10.8 Å². The van der Waals surface area contributed by atoms with Crippen LogP contribution in [0.4, 0.5) is 4.39 Å². The summed E-state index contributed by atoms with van der Waals surface area (Å²) in [5.74, 6) is 0.0689. The van der Waals surface area contributed by atoms with E-state index in [1.807, 2.05) is 0 Å². The minimum absolute atomic E-state index is 0.115. The summed E-state index contributed by atoms with van der Waals surface area (Å²) in [4.78, 5) is 4.69. The van der Waals surface area contributed by atoms with Crippen molar-refractivity contribution in [1.29, 1.82) is 0 Å². The van der Waals surface area contributed by atoms with Crippen molar-refractivity contribution in [2.75, 3.05) is 6.54 Å². The molecule has 0 amide bonds. The van der Waals surface area contributed by atoms with Crippen molar-refractivity contribution in [2.24, 2.45) is 0 Å². The van der Waals surface area contributed by atoms with Crippen LogP contribution in [0.3, 0.4) is 0 Å². The predicted molar refractivity (Wildman–Crippen MR) is 87.7 cm³/mol. The van der Waals surface area contributed by atoms with Gasteiger partial charge in [-0.3, -0.25) is 0 Å². The largest absolute Gasteiger partial charge is 0.304 e. The SMILES string of the molecule is CCCNC(c1cc(F)cc(Cl)c1)c1nc(C(C)C)cs1. The molecule has 2 nitrogen and oxygen atoms in total. The summed E-state index contributed by atoms with van der Waals surface area (Å²) in [6.07, 6.45) is 1.00. The maximum Gasteiger partial charge on any atom is 0.125 e. The highest BCUT2D eigenvalue weighted by atomic mass is 35.5. The highest BCUT2D eigenvalue weighted by Gasteiger charge is 2.19. The van der Waals surface area contributed by atoms with Gasteiger partial charge in [-0.15, -0.1) is 11.3 Å². The molecule has 0 radical (unpaired) electrons. The van der Waals surface area contributed by atoms with Gasteiger partial charge in [0.2, 0.25) is 0 Å². The van der Waals surface area contributed by atoms with E-state index in [-0.39, 0.29) is 11.9 Å². The Labute approximate surface area is 134 Å². The lowest BCUT2D eigenvalue weighted by Crippen LogP contribution is -2.23. The van der Waals surface area contributed by atoms with Gasteiger partial charge in [0.05, 0.1) is 11.7 Å². The average Bonchev–Trinajstić information content (AvgIpc) is 2.88. The number of halogens is 2. The van der Waals surface area contributed by atoms with Crippen LogP contribution in [0, 0.1) is 5.82 Å². The van der Waals surface area contributed by atoms with Gasteiger partial charge in [-0.25, -0.2) is 9.37 Å². The van der Waals surface area contributed by atoms with Gasteiger partial charge in [-0.1, -0.05) is 32.4 Å². The zero-order valence-electron chi connectivity index (χ0n) is 12.5. The molecule has 21 heavy (non-hydrogen) atoms. The quantitative estimate of drug-likeness (QED) is 0.794. The molecule has 2 rings (SSSR count). The summed E-state index contributed by atoms with van der Waals surface area (Å²) in [5, 5.41) is 6.87. The third-order valence-electron chi connectivity index (χ3n) is 3.19. The Bertz CT molecular complexity index is 577. The van der Waals surface area contributed by atoms with Crippen LogP contribution in [-0.2, 0) is 0 Å². The first kappa shape index (κ1) is 16.4. The zero-order valence-corrected chi connectivity index (χ0v) is 14.1. The molecule has 0 spiro atoms. The van der Waals surface area contributed by atoms with Crippen LogP contribution in [0.25, 0.3) is 0 Å². The summed E-state index contributed by atoms with van der Waals surface area (Å²) >= 11 is 7.59. The molecule has 1 heterocycles. The van der Waals surface area contributed by atoms with Crippen molar-refractivity contribution in [1.82, 2.24) is 10.3 Å². The van der Waals surface area contributed by atoms with E-state index in [2.05, 4.69) is 36.5 Å². The molecule has 0 fully saturated rings. The van der Waals surface area contributed by atoms with Crippen molar-refractivity contribution in [3.05, 3.63) is 50.7 Å². The number of aromatic nitrogens is 1. The van der Waals surface area contributed by atoms with E-state index in [0.29, 0.717) is 10.9 Å². The number of hydrogen-bond acceptors (Lipinski definition) is 3. The van der Waals surface area contributed by atoms with Crippen LogP contribution < -0.4 is 5.32 Å². The molecule has 0 aliphatic heterocycles. The first-order valence-electron chi connectivity index (χ1n) is 7.16. The molecule has 0 saturated carbocycles. The van der Waals surface area contributed by atoms with E-state index < -0.39 is 0 Å². The van der Waals surface area contributed by atoms with Gasteiger partial charge in [0, 0.05) is 10.4 Å². The second kappa shape index (κ2) is 7.34. The Hall–Kier alpha value is -0.970. The fourth-order valence-electron chi connectivity index (χ4n) is 2.08. The molecular formula is C16H20ClFN2S. The molecule has 1 unspecified atom stereocenters. The van der Waals surface area contributed by atoms with Crippen molar-refractivity contribution in [3.8, 4) is 0 Å². The maximum atomic E-state index is 13.6. The van der Waals surface area contributed by atoms with Crippen LogP contribution in [-0.4, -0.2) is 11.5 Å². The van der Waals surface area contributed by atoms with E-state index in [0.717, 1.165) is 29.2 Å². The van der Waals surface area contributed by atoms with Crippen LogP contribution in [0.15, 0.2) is 23.6 Å². The average molecular weight is 327 g/mol. The van der Waals surface area contributed by atoms with Crippen molar-refractivity contribution in [3.63, 3.8) is 0 Å². The standard InChI is InChI=1S/C16H20ClFN2S/c1-4-5-19-15(11-6-12(17)8-13(18)7-11)16-20-14(9-21-16)10(2)3/h6-10,15,19H,4-5H2,1-3H3. The number of thiazole rings is 1. The van der Waals surface area contributed by atoms with Crippen molar-refractivity contribution < 1.29 is 4.39 Å². The first-order valence-corrected chi connectivity index (χ1v) is 8.41.